The summed E-state index contributed by atoms with van der Waals surface area (Å²) in [5, 5.41) is 19.9. The SMILES string of the molecule is COc1ccc(C(C)O)c(OCC(O)CC2CCCC2)c1. The summed E-state index contributed by atoms with van der Waals surface area (Å²) in [6, 6.07) is 5.34. The van der Waals surface area contributed by atoms with Crippen LogP contribution in [0.15, 0.2) is 18.2 Å². The largest absolute Gasteiger partial charge is 0.497 e. The molecule has 1 aromatic carbocycles. The number of aliphatic hydroxyl groups is 2. The first-order valence-electron chi connectivity index (χ1n) is 7.77. The molecule has 0 spiro atoms. The topological polar surface area (TPSA) is 58.9 Å². The number of methoxy groups -OCH3 is 1. The Labute approximate surface area is 126 Å². The second-order valence-electron chi connectivity index (χ2n) is 5.93. The van der Waals surface area contributed by atoms with Gasteiger partial charge in [-0.1, -0.05) is 25.7 Å². The molecule has 21 heavy (non-hydrogen) atoms. The Morgan fingerprint density at radius 3 is 2.57 bits per heavy atom. The molecule has 0 aliphatic heterocycles. The van der Waals surface area contributed by atoms with Gasteiger partial charge in [-0.25, -0.2) is 0 Å². The first-order valence-corrected chi connectivity index (χ1v) is 7.77. The Kier molecular flexibility index (Phi) is 5.88. The van der Waals surface area contributed by atoms with E-state index in [0.717, 1.165) is 6.42 Å². The number of hydrogen-bond donors (Lipinski definition) is 2. The van der Waals surface area contributed by atoms with Crippen LogP contribution < -0.4 is 9.47 Å². The molecule has 0 amide bonds. The second kappa shape index (κ2) is 7.66. The van der Waals surface area contributed by atoms with Crippen LogP contribution in [0.4, 0.5) is 0 Å². The summed E-state index contributed by atoms with van der Waals surface area (Å²) in [7, 11) is 1.59. The highest BCUT2D eigenvalue weighted by atomic mass is 16.5. The summed E-state index contributed by atoms with van der Waals surface area (Å²) in [4.78, 5) is 0. The van der Waals surface area contributed by atoms with Gasteiger partial charge in [-0.2, -0.15) is 0 Å². The maximum absolute atomic E-state index is 10.1. The van der Waals surface area contributed by atoms with Crippen molar-refractivity contribution in [1.29, 1.82) is 0 Å². The first-order chi connectivity index (χ1) is 10.1. The molecule has 4 nitrogen and oxygen atoms in total. The maximum Gasteiger partial charge on any atom is 0.128 e. The summed E-state index contributed by atoms with van der Waals surface area (Å²) in [5.74, 6) is 1.89. The molecule has 0 saturated heterocycles. The summed E-state index contributed by atoms with van der Waals surface area (Å²) >= 11 is 0. The van der Waals surface area contributed by atoms with Gasteiger partial charge < -0.3 is 19.7 Å². The molecule has 2 rings (SSSR count). The van der Waals surface area contributed by atoms with Gasteiger partial charge in [0.1, 0.15) is 18.1 Å². The van der Waals surface area contributed by atoms with Crippen LogP contribution in [-0.4, -0.2) is 30.0 Å². The standard InChI is InChI=1S/C17H26O4/c1-12(18)16-8-7-15(20-2)10-17(16)21-11-14(19)9-13-5-3-4-6-13/h7-8,10,12-14,18-19H,3-6,9,11H2,1-2H3. The van der Waals surface area contributed by atoms with Crippen molar-refractivity contribution in [3.05, 3.63) is 23.8 Å². The predicted molar refractivity (Wildman–Crippen MR) is 81.7 cm³/mol. The number of hydrogen-bond acceptors (Lipinski definition) is 4. The fourth-order valence-electron chi connectivity index (χ4n) is 3.00. The zero-order valence-corrected chi connectivity index (χ0v) is 12.9. The maximum atomic E-state index is 10.1. The van der Waals surface area contributed by atoms with E-state index in [4.69, 9.17) is 9.47 Å². The van der Waals surface area contributed by atoms with Crippen molar-refractivity contribution >= 4 is 0 Å². The Bertz CT molecular complexity index is 438. The van der Waals surface area contributed by atoms with E-state index < -0.39 is 12.2 Å². The van der Waals surface area contributed by atoms with Gasteiger partial charge in [-0.05, 0) is 31.4 Å². The van der Waals surface area contributed by atoms with E-state index in [2.05, 4.69) is 0 Å². The van der Waals surface area contributed by atoms with Crippen LogP contribution in [0.3, 0.4) is 0 Å². The predicted octanol–water partition coefficient (Wildman–Crippen LogP) is 3.07. The van der Waals surface area contributed by atoms with Gasteiger partial charge in [-0.15, -0.1) is 0 Å². The molecule has 0 heterocycles. The lowest BCUT2D eigenvalue weighted by atomic mass is 10.0. The van der Waals surface area contributed by atoms with Gasteiger partial charge in [0.05, 0.1) is 19.3 Å². The Morgan fingerprint density at radius 1 is 1.24 bits per heavy atom. The van der Waals surface area contributed by atoms with Crippen molar-refractivity contribution in [2.45, 2.75) is 51.2 Å². The van der Waals surface area contributed by atoms with Gasteiger partial charge in [-0.3, -0.25) is 0 Å². The van der Waals surface area contributed by atoms with E-state index in [1.54, 1.807) is 32.2 Å². The zero-order chi connectivity index (χ0) is 15.2. The van der Waals surface area contributed by atoms with Gasteiger partial charge in [0.15, 0.2) is 0 Å². The number of benzene rings is 1. The van der Waals surface area contributed by atoms with Crippen molar-refractivity contribution in [3.8, 4) is 11.5 Å². The fraction of sp³-hybridized carbons (Fsp3) is 0.647. The summed E-state index contributed by atoms with van der Waals surface area (Å²) < 4.78 is 10.9. The molecule has 0 aromatic heterocycles. The first kappa shape index (κ1) is 16.1. The van der Waals surface area contributed by atoms with Crippen LogP contribution in [0.2, 0.25) is 0 Å². The van der Waals surface area contributed by atoms with Gasteiger partial charge in [0.2, 0.25) is 0 Å². The number of rotatable bonds is 7. The number of ether oxygens (including phenoxy) is 2. The quantitative estimate of drug-likeness (QED) is 0.811. The Morgan fingerprint density at radius 2 is 1.95 bits per heavy atom. The van der Waals surface area contributed by atoms with Crippen LogP contribution in [-0.2, 0) is 0 Å². The van der Waals surface area contributed by atoms with E-state index >= 15 is 0 Å². The molecule has 4 heteroatoms. The van der Waals surface area contributed by atoms with Crippen molar-refractivity contribution in [2.75, 3.05) is 13.7 Å². The Balaban J connectivity index is 1.94. The average molecular weight is 294 g/mol. The Hall–Kier alpha value is -1.26. The molecule has 1 aliphatic carbocycles. The lowest BCUT2D eigenvalue weighted by Gasteiger charge is -2.19. The highest BCUT2D eigenvalue weighted by Gasteiger charge is 2.20. The van der Waals surface area contributed by atoms with Crippen LogP contribution >= 0.6 is 0 Å². The van der Waals surface area contributed by atoms with Crippen molar-refractivity contribution in [1.82, 2.24) is 0 Å². The molecule has 1 aromatic rings. The molecular weight excluding hydrogens is 268 g/mol. The normalized spacial score (nSPS) is 18.5. The number of aliphatic hydroxyl groups excluding tert-OH is 2. The fourth-order valence-corrected chi connectivity index (χ4v) is 3.00. The third-order valence-electron chi connectivity index (χ3n) is 4.18. The van der Waals surface area contributed by atoms with E-state index in [0.29, 0.717) is 23.0 Å². The lowest BCUT2D eigenvalue weighted by molar-refractivity contribution is 0.0831. The van der Waals surface area contributed by atoms with E-state index in [1.165, 1.54) is 25.7 Å². The third-order valence-corrected chi connectivity index (χ3v) is 4.18. The van der Waals surface area contributed by atoms with Crippen LogP contribution in [0.5, 0.6) is 11.5 Å². The summed E-state index contributed by atoms with van der Waals surface area (Å²) in [6.07, 6.45) is 4.72. The lowest BCUT2D eigenvalue weighted by Crippen LogP contribution is -2.21. The van der Waals surface area contributed by atoms with E-state index in [-0.39, 0.29) is 6.61 Å². The van der Waals surface area contributed by atoms with Crippen LogP contribution in [0.25, 0.3) is 0 Å². The van der Waals surface area contributed by atoms with Crippen molar-refractivity contribution in [2.24, 2.45) is 5.92 Å². The molecule has 118 valence electrons. The van der Waals surface area contributed by atoms with Crippen molar-refractivity contribution < 1.29 is 19.7 Å². The molecule has 2 unspecified atom stereocenters. The molecule has 1 fully saturated rings. The second-order valence-corrected chi connectivity index (χ2v) is 5.93. The highest BCUT2D eigenvalue weighted by molar-refractivity contribution is 5.41. The minimum absolute atomic E-state index is 0.253. The molecular formula is C17H26O4. The smallest absolute Gasteiger partial charge is 0.128 e. The monoisotopic (exact) mass is 294 g/mol. The minimum atomic E-state index is -0.613. The summed E-state index contributed by atoms with van der Waals surface area (Å²) in [6.45, 7) is 1.95. The van der Waals surface area contributed by atoms with Crippen molar-refractivity contribution in [3.63, 3.8) is 0 Å². The highest BCUT2D eigenvalue weighted by Crippen LogP contribution is 2.31. The van der Waals surface area contributed by atoms with E-state index in [1.807, 2.05) is 0 Å². The van der Waals surface area contributed by atoms with Crippen LogP contribution in [0, 0.1) is 5.92 Å². The molecule has 0 bridgehead atoms. The van der Waals surface area contributed by atoms with Crippen LogP contribution in [0.1, 0.15) is 50.7 Å². The minimum Gasteiger partial charge on any atom is -0.497 e. The van der Waals surface area contributed by atoms with Gasteiger partial charge in [0.25, 0.3) is 0 Å². The molecule has 2 N–H and O–H groups in total. The zero-order valence-electron chi connectivity index (χ0n) is 12.9. The molecule has 0 radical (unpaired) electrons. The van der Waals surface area contributed by atoms with E-state index in [9.17, 15) is 10.2 Å². The van der Waals surface area contributed by atoms with Gasteiger partial charge in [0, 0.05) is 11.6 Å². The van der Waals surface area contributed by atoms with Gasteiger partial charge >= 0.3 is 0 Å². The average Bonchev–Trinajstić information content (AvgIpc) is 2.97. The molecule has 1 aliphatic rings. The third kappa shape index (κ3) is 4.61. The molecule has 2 atom stereocenters. The molecule has 1 saturated carbocycles. The summed E-state index contributed by atoms with van der Waals surface area (Å²) in [5.41, 5.74) is 0.712.